The Morgan fingerprint density at radius 3 is 3.00 bits per heavy atom. The molecule has 0 saturated carbocycles. The molecule has 4 aromatic rings. The van der Waals surface area contributed by atoms with Crippen molar-refractivity contribution >= 4 is 27.6 Å². The molecule has 0 spiro atoms. The molecule has 4 rings (SSSR count). The van der Waals surface area contributed by atoms with Crippen molar-refractivity contribution in [2.45, 2.75) is 0 Å². The Labute approximate surface area is 108 Å². The Morgan fingerprint density at radius 1 is 1.16 bits per heavy atom. The maximum Gasteiger partial charge on any atom is 0.156 e. The van der Waals surface area contributed by atoms with E-state index in [9.17, 15) is 0 Å². The van der Waals surface area contributed by atoms with Crippen molar-refractivity contribution in [3.05, 3.63) is 42.7 Å². The predicted octanol–water partition coefficient (Wildman–Crippen LogP) is 2.95. The third-order valence-corrected chi connectivity index (χ3v) is 3.14. The molecule has 0 fully saturated rings. The van der Waals surface area contributed by atoms with Crippen molar-refractivity contribution in [3.8, 4) is 11.5 Å². The number of aromatic amines is 1. The third-order valence-electron chi connectivity index (χ3n) is 3.14. The summed E-state index contributed by atoms with van der Waals surface area (Å²) in [5, 5.41) is 9.19. The van der Waals surface area contributed by atoms with Crippen LogP contribution in [0.3, 0.4) is 0 Å². The van der Waals surface area contributed by atoms with Crippen LogP contribution in [-0.2, 0) is 0 Å². The molecule has 0 unspecified atom stereocenters. The molecule has 5 heteroatoms. The van der Waals surface area contributed by atoms with Gasteiger partial charge in [-0.25, -0.2) is 0 Å². The summed E-state index contributed by atoms with van der Waals surface area (Å²) in [6, 6.07) is 9.40. The number of fused-ring (bicyclic) bond motifs is 2. The number of aromatic nitrogens is 3. The van der Waals surface area contributed by atoms with E-state index in [1.165, 1.54) is 0 Å². The number of H-pyrrole nitrogens is 1. The highest BCUT2D eigenvalue weighted by atomic mass is 16.3. The Kier molecular flexibility index (Phi) is 1.91. The highest BCUT2D eigenvalue weighted by molar-refractivity contribution is 5.95. The molecule has 0 aliphatic heterocycles. The molecule has 3 N–H and O–H groups in total. The van der Waals surface area contributed by atoms with E-state index < -0.39 is 0 Å². The number of pyridine rings is 1. The average molecular weight is 250 g/mol. The summed E-state index contributed by atoms with van der Waals surface area (Å²) in [5.74, 6) is 0.708. The fraction of sp³-hybridized carbons (Fsp3) is 0. The van der Waals surface area contributed by atoms with E-state index in [4.69, 9.17) is 10.2 Å². The first-order valence-corrected chi connectivity index (χ1v) is 5.89. The van der Waals surface area contributed by atoms with Crippen molar-refractivity contribution in [2.24, 2.45) is 0 Å². The molecule has 0 aliphatic rings. The van der Waals surface area contributed by atoms with Gasteiger partial charge in [-0.15, -0.1) is 0 Å². The van der Waals surface area contributed by atoms with E-state index in [0.717, 1.165) is 27.6 Å². The summed E-state index contributed by atoms with van der Waals surface area (Å²) >= 11 is 0. The molecule has 19 heavy (non-hydrogen) atoms. The largest absolute Gasteiger partial charge is 0.454 e. The van der Waals surface area contributed by atoms with Crippen LogP contribution in [0.5, 0.6) is 0 Å². The zero-order valence-electron chi connectivity index (χ0n) is 9.92. The number of nitrogens with two attached hydrogens (primary N) is 1. The van der Waals surface area contributed by atoms with Gasteiger partial charge in [-0.3, -0.25) is 10.1 Å². The Hall–Kier alpha value is -2.82. The van der Waals surface area contributed by atoms with Gasteiger partial charge in [0, 0.05) is 28.9 Å². The van der Waals surface area contributed by atoms with E-state index in [2.05, 4.69) is 15.2 Å². The standard InChI is InChI=1S/C14H10N4O/c15-9-1-2-11-10(6-9)14(18-17-11)13-5-8-7-16-4-3-12(8)19-13/h1-7H,15H2,(H,17,18). The molecule has 0 aliphatic carbocycles. The van der Waals surface area contributed by atoms with Gasteiger partial charge in [0.25, 0.3) is 0 Å². The Morgan fingerprint density at radius 2 is 2.11 bits per heavy atom. The highest BCUT2D eigenvalue weighted by Gasteiger charge is 2.13. The summed E-state index contributed by atoms with van der Waals surface area (Å²) in [7, 11) is 0. The van der Waals surface area contributed by atoms with Gasteiger partial charge in [-0.2, -0.15) is 5.10 Å². The summed E-state index contributed by atoms with van der Waals surface area (Å²) < 4.78 is 5.80. The number of rotatable bonds is 1. The number of benzene rings is 1. The molecular weight excluding hydrogens is 240 g/mol. The number of nitrogen functional groups attached to an aromatic ring is 1. The quantitative estimate of drug-likeness (QED) is 0.509. The molecule has 0 saturated heterocycles. The van der Waals surface area contributed by atoms with Crippen molar-refractivity contribution in [1.29, 1.82) is 0 Å². The van der Waals surface area contributed by atoms with Crippen LogP contribution < -0.4 is 5.73 Å². The molecule has 3 aromatic heterocycles. The van der Waals surface area contributed by atoms with Crippen LogP contribution in [-0.4, -0.2) is 15.2 Å². The van der Waals surface area contributed by atoms with E-state index in [1.54, 1.807) is 12.4 Å². The highest BCUT2D eigenvalue weighted by Crippen LogP contribution is 2.31. The second-order valence-corrected chi connectivity index (χ2v) is 4.40. The summed E-state index contributed by atoms with van der Waals surface area (Å²) in [5.41, 5.74) is 9.02. The molecule has 0 atom stereocenters. The topological polar surface area (TPSA) is 80.7 Å². The number of nitrogens with one attached hydrogen (secondary N) is 1. The van der Waals surface area contributed by atoms with Gasteiger partial charge in [0.1, 0.15) is 11.3 Å². The lowest BCUT2D eigenvalue weighted by atomic mass is 10.1. The van der Waals surface area contributed by atoms with Crippen molar-refractivity contribution in [1.82, 2.24) is 15.2 Å². The minimum Gasteiger partial charge on any atom is -0.454 e. The van der Waals surface area contributed by atoms with Crippen LogP contribution in [0.4, 0.5) is 5.69 Å². The van der Waals surface area contributed by atoms with Crippen molar-refractivity contribution in [3.63, 3.8) is 0 Å². The monoisotopic (exact) mass is 250 g/mol. The van der Waals surface area contributed by atoms with Crippen LogP contribution >= 0.6 is 0 Å². The molecule has 92 valence electrons. The summed E-state index contributed by atoms with van der Waals surface area (Å²) in [4.78, 5) is 4.08. The normalized spacial score (nSPS) is 11.4. The lowest BCUT2D eigenvalue weighted by molar-refractivity contribution is 0.628. The fourth-order valence-corrected chi connectivity index (χ4v) is 2.22. The van der Waals surface area contributed by atoms with Crippen LogP contribution in [0.1, 0.15) is 0 Å². The summed E-state index contributed by atoms with van der Waals surface area (Å²) in [6.07, 6.45) is 3.47. The number of nitrogens with zero attached hydrogens (tertiary/aromatic N) is 2. The van der Waals surface area contributed by atoms with Crippen LogP contribution in [0, 0.1) is 0 Å². The molecule has 5 nitrogen and oxygen atoms in total. The molecule has 3 heterocycles. The van der Waals surface area contributed by atoms with Crippen LogP contribution in [0.2, 0.25) is 0 Å². The maximum absolute atomic E-state index is 5.82. The van der Waals surface area contributed by atoms with Gasteiger partial charge in [0.15, 0.2) is 5.76 Å². The lowest BCUT2D eigenvalue weighted by Gasteiger charge is -1.94. The van der Waals surface area contributed by atoms with Gasteiger partial charge in [0.2, 0.25) is 0 Å². The SMILES string of the molecule is Nc1ccc2[nH]nc(-c3cc4cnccc4o3)c2c1. The number of hydrogen-bond acceptors (Lipinski definition) is 4. The second-order valence-electron chi connectivity index (χ2n) is 4.40. The minimum atomic E-state index is 0.702. The van der Waals surface area contributed by atoms with Gasteiger partial charge >= 0.3 is 0 Å². The zero-order chi connectivity index (χ0) is 12.8. The minimum absolute atomic E-state index is 0.702. The van der Waals surface area contributed by atoms with Crippen LogP contribution in [0.15, 0.2) is 47.1 Å². The molecule has 1 aromatic carbocycles. The van der Waals surface area contributed by atoms with Gasteiger partial charge < -0.3 is 10.2 Å². The van der Waals surface area contributed by atoms with E-state index in [-0.39, 0.29) is 0 Å². The van der Waals surface area contributed by atoms with Crippen molar-refractivity contribution < 1.29 is 4.42 Å². The predicted molar refractivity (Wildman–Crippen MR) is 73.5 cm³/mol. The number of anilines is 1. The Balaban J connectivity index is 2.00. The molecule has 0 radical (unpaired) electrons. The van der Waals surface area contributed by atoms with Gasteiger partial charge in [0.05, 0.1) is 5.52 Å². The van der Waals surface area contributed by atoms with E-state index in [1.807, 2.05) is 30.3 Å². The van der Waals surface area contributed by atoms with E-state index >= 15 is 0 Å². The first-order valence-electron chi connectivity index (χ1n) is 5.89. The van der Waals surface area contributed by atoms with Gasteiger partial charge in [-0.05, 0) is 30.3 Å². The van der Waals surface area contributed by atoms with Crippen molar-refractivity contribution in [2.75, 3.05) is 5.73 Å². The average Bonchev–Trinajstić information content (AvgIpc) is 3.00. The maximum atomic E-state index is 5.82. The number of hydrogen-bond donors (Lipinski definition) is 2. The third kappa shape index (κ3) is 1.48. The lowest BCUT2D eigenvalue weighted by Crippen LogP contribution is -1.82. The molecule has 0 amide bonds. The van der Waals surface area contributed by atoms with Crippen LogP contribution in [0.25, 0.3) is 33.3 Å². The smallest absolute Gasteiger partial charge is 0.156 e. The fourth-order valence-electron chi connectivity index (χ4n) is 2.22. The Bertz CT molecular complexity index is 858. The first-order chi connectivity index (χ1) is 9.31. The van der Waals surface area contributed by atoms with Gasteiger partial charge in [-0.1, -0.05) is 0 Å². The molecular formula is C14H10N4O. The second kappa shape index (κ2) is 3.58. The molecule has 0 bridgehead atoms. The number of furan rings is 1. The summed E-state index contributed by atoms with van der Waals surface area (Å²) in [6.45, 7) is 0. The zero-order valence-corrected chi connectivity index (χ0v) is 9.92. The first kappa shape index (κ1) is 10.1. The van der Waals surface area contributed by atoms with E-state index in [0.29, 0.717) is 11.4 Å².